The van der Waals surface area contributed by atoms with E-state index in [0.29, 0.717) is 0 Å². The smallest absolute Gasteiger partial charge is 0.0511 e. The van der Waals surface area contributed by atoms with Gasteiger partial charge in [0.25, 0.3) is 0 Å². The van der Waals surface area contributed by atoms with Gasteiger partial charge < -0.3 is 4.90 Å². The van der Waals surface area contributed by atoms with E-state index in [1.54, 1.807) is 0 Å². The zero-order valence-electron chi connectivity index (χ0n) is 6.06. The first kappa shape index (κ1) is 7.61. The molecule has 0 spiro atoms. The average molecular weight is 199 g/mol. The van der Waals surface area contributed by atoms with Crippen molar-refractivity contribution >= 4 is 21.6 Å². The molecule has 2 heteroatoms. The summed E-state index contributed by atoms with van der Waals surface area (Å²) in [6.45, 7) is 0. The molecule has 0 atom stereocenters. The SMILES string of the molecule is CN(C)c1c[c]ccc1Br. The van der Waals surface area contributed by atoms with Crippen molar-refractivity contribution in [1.29, 1.82) is 0 Å². The maximum absolute atomic E-state index is 3.44. The van der Waals surface area contributed by atoms with Gasteiger partial charge in [0.15, 0.2) is 0 Å². The third-order valence-corrected chi connectivity index (χ3v) is 1.94. The molecule has 10 heavy (non-hydrogen) atoms. The van der Waals surface area contributed by atoms with Gasteiger partial charge in [-0.3, -0.25) is 0 Å². The first-order valence-electron chi connectivity index (χ1n) is 3.05. The number of halogens is 1. The molecule has 0 saturated heterocycles. The molecule has 53 valence electrons. The highest BCUT2D eigenvalue weighted by atomic mass is 79.9. The fourth-order valence-electron chi connectivity index (χ4n) is 0.745. The van der Waals surface area contributed by atoms with Crippen LogP contribution in [0.2, 0.25) is 0 Å². The van der Waals surface area contributed by atoms with Crippen LogP contribution in [0.15, 0.2) is 22.7 Å². The molecule has 0 N–H and O–H groups in total. The number of rotatable bonds is 1. The molecule has 0 aliphatic carbocycles. The Morgan fingerprint density at radius 1 is 1.50 bits per heavy atom. The minimum atomic E-state index is 1.11. The van der Waals surface area contributed by atoms with E-state index in [9.17, 15) is 0 Å². The minimum absolute atomic E-state index is 1.11. The maximum atomic E-state index is 3.44. The van der Waals surface area contributed by atoms with Crippen LogP contribution < -0.4 is 4.90 Å². The van der Waals surface area contributed by atoms with E-state index in [0.717, 1.165) is 10.2 Å². The molecule has 0 heterocycles. The van der Waals surface area contributed by atoms with Crippen LogP contribution in [0, 0.1) is 6.07 Å². The Balaban J connectivity index is 3.03. The summed E-state index contributed by atoms with van der Waals surface area (Å²) in [6, 6.07) is 8.83. The molecule has 1 radical (unpaired) electrons. The zero-order valence-corrected chi connectivity index (χ0v) is 7.64. The molecule has 0 aliphatic rings. The lowest BCUT2D eigenvalue weighted by atomic mass is 10.3. The van der Waals surface area contributed by atoms with Crippen molar-refractivity contribution in [2.45, 2.75) is 0 Å². The summed E-state index contributed by atoms with van der Waals surface area (Å²) in [5.41, 5.74) is 1.16. The molecule has 0 bridgehead atoms. The lowest BCUT2D eigenvalue weighted by Gasteiger charge is -2.13. The van der Waals surface area contributed by atoms with E-state index in [4.69, 9.17) is 0 Å². The van der Waals surface area contributed by atoms with Crippen molar-refractivity contribution in [2.24, 2.45) is 0 Å². The molecule has 0 fully saturated rings. The Bertz CT molecular complexity index is 220. The first-order valence-corrected chi connectivity index (χ1v) is 3.84. The molecule has 0 aliphatic heterocycles. The molecular formula is C8H9BrN. The van der Waals surface area contributed by atoms with Gasteiger partial charge in [-0.05, 0) is 34.1 Å². The van der Waals surface area contributed by atoms with E-state index in [1.165, 1.54) is 0 Å². The third kappa shape index (κ3) is 1.51. The van der Waals surface area contributed by atoms with E-state index >= 15 is 0 Å². The van der Waals surface area contributed by atoms with Gasteiger partial charge in [-0.25, -0.2) is 0 Å². The lowest BCUT2D eigenvalue weighted by molar-refractivity contribution is 1.12. The highest BCUT2D eigenvalue weighted by Gasteiger charge is 1.97. The summed E-state index contributed by atoms with van der Waals surface area (Å²) in [7, 11) is 4.02. The molecule has 0 saturated carbocycles. The van der Waals surface area contributed by atoms with Gasteiger partial charge in [-0.1, -0.05) is 6.07 Å². The second kappa shape index (κ2) is 3.06. The van der Waals surface area contributed by atoms with Crippen molar-refractivity contribution in [2.75, 3.05) is 19.0 Å². The largest absolute Gasteiger partial charge is 0.377 e. The lowest BCUT2D eigenvalue weighted by Crippen LogP contribution is -2.08. The van der Waals surface area contributed by atoms with Crippen LogP contribution in [-0.2, 0) is 0 Å². The monoisotopic (exact) mass is 198 g/mol. The third-order valence-electron chi connectivity index (χ3n) is 1.27. The van der Waals surface area contributed by atoms with Crippen LogP contribution in [0.3, 0.4) is 0 Å². The minimum Gasteiger partial charge on any atom is -0.377 e. The van der Waals surface area contributed by atoms with E-state index < -0.39 is 0 Å². The van der Waals surface area contributed by atoms with Gasteiger partial charge >= 0.3 is 0 Å². The Kier molecular flexibility index (Phi) is 2.33. The van der Waals surface area contributed by atoms with Crippen molar-refractivity contribution in [1.82, 2.24) is 0 Å². The van der Waals surface area contributed by atoms with Gasteiger partial charge in [0, 0.05) is 18.6 Å². The first-order chi connectivity index (χ1) is 4.72. The van der Waals surface area contributed by atoms with Gasteiger partial charge in [0.1, 0.15) is 0 Å². The predicted molar refractivity (Wildman–Crippen MR) is 47.3 cm³/mol. The summed E-state index contributed by atoms with van der Waals surface area (Å²) in [5.74, 6) is 0. The van der Waals surface area contributed by atoms with Crippen molar-refractivity contribution in [3.63, 3.8) is 0 Å². The van der Waals surface area contributed by atoms with Crippen molar-refractivity contribution in [3.8, 4) is 0 Å². The topological polar surface area (TPSA) is 3.24 Å². The molecule has 1 aromatic rings. The van der Waals surface area contributed by atoms with E-state index in [2.05, 4.69) is 22.0 Å². The van der Waals surface area contributed by atoms with Gasteiger partial charge in [-0.2, -0.15) is 0 Å². The van der Waals surface area contributed by atoms with Crippen LogP contribution in [0.1, 0.15) is 0 Å². The Morgan fingerprint density at radius 2 is 2.20 bits per heavy atom. The summed E-state index contributed by atoms with van der Waals surface area (Å²) < 4.78 is 1.11. The Morgan fingerprint density at radius 3 is 2.60 bits per heavy atom. The van der Waals surface area contributed by atoms with Gasteiger partial charge in [0.2, 0.25) is 0 Å². The van der Waals surface area contributed by atoms with Crippen LogP contribution in [0.5, 0.6) is 0 Å². The normalized spacial score (nSPS) is 9.50. The second-order valence-corrected chi connectivity index (χ2v) is 3.13. The Labute approximate surface area is 69.8 Å². The van der Waals surface area contributed by atoms with Crippen LogP contribution >= 0.6 is 15.9 Å². The summed E-state index contributed by atoms with van der Waals surface area (Å²) >= 11 is 3.44. The fraction of sp³-hybridized carbons (Fsp3) is 0.250. The predicted octanol–water partition coefficient (Wildman–Crippen LogP) is 2.32. The fourth-order valence-corrected chi connectivity index (χ4v) is 1.35. The highest BCUT2D eigenvalue weighted by molar-refractivity contribution is 9.10. The molecule has 0 aromatic heterocycles. The number of anilines is 1. The number of hydrogen-bond acceptors (Lipinski definition) is 1. The molecule has 1 rings (SSSR count). The van der Waals surface area contributed by atoms with E-state index in [1.807, 2.05) is 37.2 Å². The molecule has 1 aromatic carbocycles. The quantitative estimate of drug-likeness (QED) is 0.670. The summed E-state index contributed by atoms with van der Waals surface area (Å²) in [4.78, 5) is 2.04. The zero-order chi connectivity index (χ0) is 7.56. The molecule has 0 unspecified atom stereocenters. The highest BCUT2D eigenvalue weighted by Crippen LogP contribution is 2.22. The van der Waals surface area contributed by atoms with Crippen molar-refractivity contribution in [3.05, 3.63) is 28.7 Å². The standard InChI is InChI=1S/C8H9BrN/c1-10(2)8-6-4-3-5-7(8)9/h3,5-6H,1-2H3. The Hall–Kier alpha value is -0.500. The number of nitrogens with zero attached hydrogens (tertiary/aromatic N) is 1. The van der Waals surface area contributed by atoms with E-state index in [-0.39, 0.29) is 0 Å². The number of hydrogen-bond donors (Lipinski definition) is 0. The van der Waals surface area contributed by atoms with Gasteiger partial charge in [-0.15, -0.1) is 0 Å². The average Bonchev–Trinajstić information content (AvgIpc) is 1.88. The summed E-state index contributed by atoms with van der Waals surface area (Å²) in [5, 5.41) is 0. The maximum Gasteiger partial charge on any atom is 0.0511 e. The summed E-state index contributed by atoms with van der Waals surface area (Å²) in [6.07, 6.45) is 0. The van der Waals surface area contributed by atoms with Crippen LogP contribution in [0.4, 0.5) is 5.69 Å². The van der Waals surface area contributed by atoms with Crippen molar-refractivity contribution < 1.29 is 0 Å². The molecular weight excluding hydrogens is 190 g/mol. The second-order valence-electron chi connectivity index (χ2n) is 2.27. The number of benzene rings is 1. The van der Waals surface area contributed by atoms with Gasteiger partial charge in [0.05, 0.1) is 5.69 Å². The van der Waals surface area contributed by atoms with Crippen LogP contribution in [-0.4, -0.2) is 14.1 Å². The molecule has 0 amide bonds. The van der Waals surface area contributed by atoms with Crippen LogP contribution in [0.25, 0.3) is 0 Å². The molecule has 1 nitrogen and oxygen atoms in total.